The van der Waals surface area contributed by atoms with Gasteiger partial charge in [0.05, 0.1) is 41.0 Å². The summed E-state index contributed by atoms with van der Waals surface area (Å²) in [6.45, 7) is 3.83. The molecule has 4 heterocycles. The summed E-state index contributed by atoms with van der Waals surface area (Å²) in [5, 5.41) is 13.4. The van der Waals surface area contributed by atoms with Crippen LogP contribution < -0.4 is 26.4 Å². The standard InChI is InChI=1S/C27H34Cl2N6O4/c1-2-39-35-23-15-24(36)34-27(30)32-16-18-13-21(28)26(22(29)14-18)33-25(37)17-31-11-5-3-4-6-12-38-20-9-7-19(23)8-10-20/h7-10,13-14,31H,2-6,11-12,15-17H2,1H3,(H,33,37)(H3,30,32,34,36). The zero-order valence-electron chi connectivity index (χ0n) is 21.9. The first-order valence-electron chi connectivity index (χ1n) is 12.9. The lowest BCUT2D eigenvalue weighted by Gasteiger charge is -2.13. The van der Waals surface area contributed by atoms with Gasteiger partial charge in [-0.3, -0.25) is 9.59 Å². The first-order chi connectivity index (χ1) is 18.9. The van der Waals surface area contributed by atoms with Gasteiger partial charge in [-0.1, -0.05) is 41.2 Å². The number of nitrogens with two attached hydrogens (primary N) is 1. The van der Waals surface area contributed by atoms with Crippen LogP contribution in [0.3, 0.4) is 0 Å². The van der Waals surface area contributed by atoms with Gasteiger partial charge in [0.15, 0.2) is 5.96 Å². The minimum Gasteiger partial charge on any atom is -0.494 e. The van der Waals surface area contributed by atoms with Gasteiger partial charge in [0, 0.05) is 12.1 Å². The highest BCUT2D eigenvalue weighted by Crippen LogP contribution is 2.31. The van der Waals surface area contributed by atoms with Crippen LogP contribution >= 0.6 is 23.2 Å². The third kappa shape index (κ3) is 10.4. The Morgan fingerprint density at radius 3 is 2.49 bits per heavy atom. The van der Waals surface area contributed by atoms with Crippen LogP contribution in [-0.2, 0) is 21.0 Å². The Kier molecular flexibility index (Phi) is 12.3. The predicted octanol–water partition coefficient (Wildman–Crippen LogP) is 4.24. The van der Waals surface area contributed by atoms with Crippen molar-refractivity contribution in [1.29, 1.82) is 0 Å². The molecular formula is C27H34Cl2N6O4. The summed E-state index contributed by atoms with van der Waals surface area (Å²) in [5.41, 5.74) is 8.11. The molecule has 2 amide bonds. The average Bonchev–Trinajstić information content (AvgIpc) is 2.91. The Hall–Kier alpha value is -3.34. The summed E-state index contributed by atoms with van der Waals surface area (Å²) < 4.78 is 5.84. The van der Waals surface area contributed by atoms with Crippen molar-refractivity contribution < 1.29 is 19.2 Å². The van der Waals surface area contributed by atoms with E-state index in [4.69, 9.17) is 38.5 Å². The van der Waals surface area contributed by atoms with E-state index in [0.717, 1.165) is 43.5 Å². The quantitative estimate of drug-likeness (QED) is 0.392. The molecule has 5 N–H and O–H groups in total. The van der Waals surface area contributed by atoms with Crippen LogP contribution in [0, 0.1) is 0 Å². The molecule has 2 aromatic rings. The highest BCUT2D eigenvalue weighted by Gasteiger charge is 2.14. The SMILES string of the molecule is CCON=C1CC(=O)/N=C(\N)NCc2cc(Cl)c(c(Cl)c2)NC(=O)CNCCCCCCOc2ccc1cc2. The minimum atomic E-state index is -0.497. The molecule has 0 aliphatic carbocycles. The lowest BCUT2D eigenvalue weighted by molar-refractivity contribution is -0.117. The molecule has 0 atom stereocenters. The summed E-state index contributed by atoms with van der Waals surface area (Å²) >= 11 is 12.7. The molecule has 10 nitrogen and oxygen atoms in total. The average molecular weight is 578 g/mol. The molecule has 39 heavy (non-hydrogen) atoms. The number of ether oxygens (including phenoxy) is 1. The van der Waals surface area contributed by atoms with Gasteiger partial charge in [0.2, 0.25) is 5.91 Å². The lowest BCUT2D eigenvalue weighted by atomic mass is 10.1. The second kappa shape index (κ2) is 15.9. The van der Waals surface area contributed by atoms with E-state index >= 15 is 0 Å². The van der Waals surface area contributed by atoms with Crippen molar-refractivity contribution in [1.82, 2.24) is 10.6 Å². The molecule has 0 radical (unpaired) electrons. The van der Waals surface area contributed by atoms with Crippen molar-refractivity contribution in [3.05, 3.63) is 57.6 Å². The molecule has 6 rings (SSSR count). The number of aliphatic imine (C=N–C) groups is 1. The smallest absolute Gasteiger partial charge is 0.255 e. The van der Waals surface area contributed by atoms with E-state index in [0.29, 0.717) is 30.2 Å². The monoisotopic (exact) mass is 576 g/mol. The fraction of sp³-hybridized carbons (Fsp3) is 0.407. The third-order valence-electron chi connectivity index (χ3n) is 5.70. The van der Waals surface area contributed by atoms with Gasteiger partial charge < -0.3 is 31.3 Å². The number of nitrogens with one attached hydrogen (secondary N) is 3. The van der Waals surface area contributed by atoms with Crippen molar-refractivity contribution in [3.8, 4) is 5.75 Å². The highest BCUT2D eigenvalue weighted by atomic mass is 35.5. The Labute approximate surface area is 238 Å². The fourth-order valence-corrected chi connectivity index (χ4v) is 4.38. The van der Waals surface area contributed by atoms with E-state index in [1.54, 1.807) is 12.1 Å². The first kappa shape index (κ1) is 30.2. The number of carbonyl (C=O) groups is 2. The van der Waals surface area contributed by atoms with Crippen LogP contribution in [0.15, 0.2) is 46.5 Å². The number of hydrogen-bond donors (Lipinski definition) is 4. The molecule has 0 spiro atoms. The normalized spacial score (nSPS) is 19.1. The number of nitrogens with zero attached hydrogens (tertiary/aromatic N) is 2. The number of amides is 2. The summed E-state index contributed by atoms with van der Waals surface area (Å²) in [6, 6.07) is 10.6. The van der Waals surface area contributed by atoms with E-state index in [1.807, 2.05) is 31.2 Å². The van der Waals surface area contributed by atoms with Gasteiger partial charge in [0.1, 0.15) is 12.4 Å². The van der Waals surface area contributed by atoms with Crippen LogP contribution in [0.4, 0.5) is 5.69 Å². The zero-order chi connectivity index (χ0) is 28.0. The van der Waals surface area contributed by atoms with Gasteiger partial charge in [-0.05, 0) is 68.3 Å². The van der Waals surface area contributed by atoms with Crippen LogP contribution in [0.1, 0.15) is 50.2 Å². The maximum atomic E-state index is 12.6. The number of anilines is 1. The van der Waals surface area contributed by atoms with Gasteiger partial charge in [-0.2, -0.15) is 4.99 Å². The Morgan fingerprint density at radius 2 is 1.77 bits per heavy atom. The summed E-state index contributed by atoms with van der Waals surface area (Å²) in [5.74, 6) is -0.0818. The van der Waals surface area contributed by atoms with Crippen molar-refractivity contribution in [3.63, 3.8) is 0 Å². The lowest BCUT2D eigenvalue weighted by Crippen LogP contribution is -2.32. The summed E-state index contributed by atoms with van der Waals surface area (Å²) in [4.78, 5) is 34.1. The second-order valence-electron chi connectivity index (χ2n) is 8.82. The topological polar surface area (TPSA) is 139 Å². The van der Waals surface area contributed by atoms with Crippen molar-refractivity contribution >= 4 is 52.4 Å². The van der Waals surface area contributed by atoms with Gasteiger partial charge >= 0.3 is 0 Å². The first-order valence-corrected chi connectivity index (χ1v) is 13.6. The molecule has 210 valence electrons. The number of oxime groups is 1. The molecule has 12 heteroatoms. The van der Waals surface area contributed by atoms with Gasteiger partial charge in [0.25, 0.3) is 5.91 Å². The minimum absolute atomic E-state index is 0.0725. The molecule has 0 aromatic heterocycles. The maximum Gasteiger partial charge on any atom is 0.255 e. The number of guanidine groups is 1. The number of carbonyl (C=O) groups excluding carboxylic acids is 2. The summed E-state index contributed by atoms with van der Waals surface area (Å²) in [6.07, 6.45) is 3.77. The molecule has 4 aliphatic heterocycles. The van der Waals surface area contributed by atoms with Crippen LogP contribution in [0.5, 0.6) is 5.75 Å². The largest absolute Gasteiger partial charge is 0.494 e. The van der Waals surface area contributed by atoms with E-state index in [2.05, 4.69) is 26.1 Å². The Bertz CT molecular complexity index is 1160. The molecule has 4 aliphatic rings. The van der Waals surface area contributed by atoms with Gasteiger partial charge in [-0.15, -0.1) is 0 Å². The Morgan fingerprint density at radius 1 is 1.05 bits per heavy atom. The maximum absolute atomic E-state index is 12.6. The Balaban J connectivity index is 1.76. The number of benzene rings is 2. The molecule has 0 unspecified atom stereocenters. The second-order valence-corrected chi connectivity index (χ2v) is 9.64. The molecule has 2 aromatic carbocycles. The number of halogens is 2. The third-order valence-corrected chi connectivity index (χ3v) is 6.29. The van der Waals surface area contributed by atoms with Gasteiger partial charge in [-0.25, -0.2) is 0 Å². The van der Waals surface area contributed by atoms with Crippen molar-refractivity contribution in [2.45, 2.75) is 45.6 Å². The molecular weight excluding hydrogens is 543 g/mol. The van der Waals surface area contributed by atoms with E-state index < -0.39 is 5.91 Å². The van der Waals surface area contributed by atoms with Crippen molar-refractivity contribution in [2.75, 3.05) is 31.6 Å². The summed E-state index contributed by atoms with van der Waals surface area (Å²) in [7, 11) is 0. The molecule has 0 fully saturated rings. The number of rotatable bonds is 2. The van der Waals surface area contributed by atoms with E-state index in [9.17, 15) is 9.59 Å². The van der Waals surface area contributed by atoms with Crippen LogP contribution in [0.25, 0.3) is 0 Å². The highest BCUT2D eigenvalue weighted by molar-refractivity contribution is 6.39. The molecule has 0 saturated heterocycles. The zero-order valence-corrected chi connectivity index (χ0v) is 23.4. The van der Waals surface area contributed by atoms with Crippen molar-refractivity contribution in [2.24, 2.45) is 15.9 Å². The van der Waals surface area contributed by atoms with Crippen LogP contribution in [0.2, 0.25) is 10.0 Å². The molecule has 0 saturated carbocycles. The number of hydrogen-bond acceptors (Lipinski definition) is 8. The van der Waals surface area contributed by atoms with Crippen LogP contribution in [-0.4, -0.2) is 49.8 Å². The van der Waals surface area contributed by atoms with E-state index in [1.165, 1.54) is 0 Å². The predicted molar refractivity (Wildman–Crippen MR) is 155 cm³/mol. The van der Waals surface area contributed by atoms with E-state index in [-0.39, 0.29) is 41.4 Å². The fourth-order valence-electron chi connectivity index (χ4n) is 3.75. The molecule has 4 bridgehead atoms.